The number of halogens is 3. The van der Waals surface area contributed by atoms with Crippen molar-refractivity contribution in [1.82, 2.24) is 0 Å². The van der Waals surface area contributed by atoms with Gasteiger partial charge in [-0.25, -0.2) is 0 Å². The van der Waals surface area contributed by atoms with E-state index >= 15 is 0 Å². The third-order valence-electron chi connectivity index (χ3n) is 6.32. The standard InChI is InChI=1S/C29H35F3O4S/c1-6-7-8-9-20-10-13-23(24(14-20)34-5)26-15-21-11-12-22(16-25(21)37-26)35-17-28(4,29(30,31)32)18-36-27(33)19(2)3/h10-16,27,33H,2,6-9,17-18H2,1,3-5H3. The van der Waals surface area contributed by atoms with Gasteiger partial charge in [0, 0.05) is 15.1 Å². The number of rotatable bonds is 13. The second-order valence-electron chi connectivity index (χ2n) is 9.66. The van der Waals surface area contributed by atoms with Crippen LogP contribution in [0.25, 0.3) is 20.5 Å². The Kier molecular flexibility index (Phi) is 9.67. The molecule has 0 amide bonds. The average molecular weight is 537 g/mol. The lowest BCUT2D eigenvalue weighted by Gasteiger charge is -2.32. The van der Waals surface area contributed by atoms with Gasteiger partial charge >= 0.3 is 6.18 Å². The Bertz CT molecular complexity index is 1200. The molecule has 0 aliphatic heterocycles. The summed E-state index contributed by atoms with van der Waals surface area (Å²) in [5.74, 6) is 1.13. The molecule has 202 valence electrons. The molecule has 3 aromatic rings. The molecule has 1 heterocycles. The maximum Gasteiger partial charge on any atom is 0.399 e. The van der Waals surface area contributed by atoms with Gasteiger partial charge < -0.3 is 19.3 Å². The van der Waals surface area contributed by atoms with Crippen LogP contribution in [0.4, 0.5) is 13.2 Å². The number of hydrogen-bond donors (Lipinski definition) is 1. The first-order chi connectivity index (χ1) is 17.5. The minimum atomic E-state index is -4.60. The number of fused-ring (bicyclic) bond motifs is 1. The van der Waals surface area contributed by atoms with Crippen molar-refractivity contribution in [3.63, 3.8) is 0 Å². The van der Waals surface area contributed by atoms with E-state index in [0.717, 1.165) is 46.0 Å². The Hall–Kier alpha value is -2.55. The summed E-state index contributed by atoms with van der Waals surface area (Å²) in [4.78, 5) is 1.01. The van der Waals surface area contributed by atoms with Gasteiger partial charge in [-0.15, -0.1) is 11.3 Å². The fourth-order valence-electron chi connectivity index (χ4n) is 3.76. The van der Waals surface area contributed by atoms with Crippen LogP contribution in [0, 0.1) is 5.41 Å². The van der Waals surface area contributed by atoms with Crippen molar-refractivity contribution < 1.29 is 32.5 Å². The molecule has 1 N–H and O–H groups in total. The first-order valence-corrected chi connectivity index (χ1v) is 13.1. The van der Waals surface area contributed by atoms with Crippen molar-refractivity contribution in [3.8, 4) is 21.9 Å². The normalized spacial score (nSPS) is 14.4. The largest absolute Gasteiger partial charge is 0.496 e. The van der Waals surface area contributed by atoms with Gasteiger partial charge in [-0.2, -0.15) is 13.2 Å². The third kappa shape index (κ3) is 7.27. The van der Waals surface area contributed by atoms with Crippen LogP contribution in [-0.2, 0) is 11.2 Å². The first kappa shape index (κ1) is 29.0. The van der Waals surface area contributed by atoms with Crippen molar-refractivity contribution in [2.45, 2.75) is 58.9 Å². The zero-order valence-electron chi connectivity index (χ0n) is 21.8. The van der Waals surface area contributed by atoms with Crippen LogP contribution in [-0.4, -0.2) is 37.9 Å². The lowest BCUT2D eigenvalue weighted by molar-refractivity contribution is -0.253. The number of ether oxygens (including phenoxy) is 3. The number of methoxy groups -OCH3 is 1. The van der Waals surface area contributed by atoms with Crippen molar-refractivity contribution in [2.24, 2.45) is 5.41 Å². The quantitative estimate of drug-likeness (QED) is 0.136. The molecule has 0 aliphatic rings. The van der Waals surface area contributed by atoms with Crippen LogP contribution < -0.4 is 9.47 Å². The molecule has 37 heavy (non-hydrogen) atoms. The second-order valence-corrected chi connectivity index (χ2v) is 10.7. The molecule has 0 radical (unpaired) electrons. The number of aliphatic hydroxyl groups excluding tert-OH is 1. The van der Waals surface area contributed by atoms with Crippen LogP contribution in [0.2, 0.25) is 0 Å². The topological polar surface area (TPSA) is 47.9 Å². The molecule has 2 aromatic carbocycles. The van der Waals surface area contributed by atoms with E-state index in [9.17, 15) is 18.3 Å². The summed E-state index contributed by atoms with van der Waals surface area (Å²) in [6.45, 7) is 6.76. The number of alkyl halides is 3. The molecule has 3 rings (SSSR count). The Labute approximate surface area is 220 Å². The Morgan fingerprint density at radius 1 is 1.08 bits per heavy atom. The van der Waals surface area contributed by atoms with Gasteiger partial charge in [-0.05, 0) is 79.6 Å². The second kappa shape index (κ2) is 12.3. The van der Waals surface area contributed by atoms with E-state index < -0.39 is 31.1 Å². The van der Waals surface area contributed by atoms with Gasteiger partial charge in [0.05, 0.1) is 13.7 Å². The van der Waals surface area contributed by atoms with Crippen molar-refractivity contribution in [3.05, 3.63) is 60.2 Å². The molecular weight excluding hydrogens is 501 g/mol. The maximum absolute atomic E-state index is 13.8. The van der Waals surface area contributed by atoms with Gasteiger partial charge in [0.25, 0.3) is 0 Å². The number of aliphatic hydroxyl groups is 1. The van der Waals surface area contributed by atoms with Crippen LogP contribution in [0.3, 0.4) is 0 Å². The molecule has 8 heteroatoms. The summed E-state index contributed by atoms with van der Waals surface area (Å²) < 4.78 is 58.6. The van der Waals surface area contributed by atoms with Gasteiger partial charge in [-0.1, -0.05) is 32.4 Å². The van der Waals surface area contributed by atoms with Crippen LogP contribution in [0.5, 0.6) is 11.5 Å². The van der Waals surface area contributed by atoms with Crippen molar-refractivity contribution in [2.75, 3.05) is 20.3 Å². The predicted molar refractivity (Wildman–Crippen MR) is 143 cm³/mol. The fourth-order valence-corrected chi connectivity index (χ4v) is 4.88. The minimum absolute atomic E-state index is 0.229. The molecule has 0 fully saturated rings. The predicted octanol–water partition coefficient (Wildman–Crippen LogP) is 8.17. The summed E-state index contributed by atoms with van der Waals surface area (Å²) in [7, 11) is 1.66. The highest BCUT2D eigenvalue weighted by Crippen LogP contribution is 2.42. The highest BCUT2D eigenvalue weighted by atomic mass is 32.1. The van der Waals surface area contributed by atoms with Gasteiger partial charge in [0.2, 0.25) is 0 Å². The summed E-state index contributed by atoms with van der Waals surface area (Å²) >= 11 is 1.53. The molecule has 2 atom stereocenters. The number of hydrogen-bond acceptors (Lipinski definition) is 5. The van der Waals surface area contributed by atoms with Crippen molar-refractivity contribution in [1.29, 1.82) is 0 Å². The van der Waals surface area contributed by atoms with E-state index in [1.165, 1.54) is 36.7 Å². The third-order valence-corrected chi connectivity index (χ3v) is 7.45. The zero-order valence-corrected chi connectivity index (χ0v) is 22.6. The van der Waals surface area contributed by atoms with Crippen LogP contribution >= 0.6 is 11.3 Å². The molecule has 0 aliphatic carbocycles. The maximum atomic E-state index is 13.8. The Balaban J connectivity index is 1.78. The first-order valence-electron chi connectivity index (χ1n) is 12.3. The zero-order chi connectivity index (χ0) is 27.2. The van der Waals surface area contributed by atoms with E-state index in [1.54, 1.807) is 19.2 Å². The lowest BCUT2D eigenvalue weighted by atomic mass is 9.92. The minimum Gasteiger partial charge on any atom is -0.496 e. The molecule has 0 spiro atoms. The highest BCUT2D eigenvalue weighted by molar-refractivity contribution is 7.22. The number of aryl methyl sites for hydroxylation is 1. The molecule has 2 unspecified atom stereocenters. The van der Waals surface area contributed by atoms with Gasteiger partial charge in [0.1, 0.15) is 23.5 Å². The SMILES string of the molecule is C=C(C)C(O)OCC(C)(COc1ccc2cc(-c3ccc(CCCCC)cc3OC)sc2c1)C(F)(F)F. The molecule has 0 saturated carbocycles. The molecule has 1 aromatic heterocycles. The molecule has 0 saturated heterocycles. The monoisotopic (exact) mass is 536 g/mol. The van der Waals surface area contributed by atoms with E-state index in [4.69, 9.17) is 14.2 Å². The smallest absolute Gasteiger partial charge is 0.399 e. The summed E-state index contributed by atoms with van der Waals surface area (Å²) in [6.07, 6.45) is -1.56. The molecule has 4 nitrogen and oxygen atoms in total. The molecule has 0 bridgehead atoms. The van der Waals surface area contributed by atoms with Crippen molar-refractivity contribution >= 4 is 21.4 Å². The van der Waals surface area contributed by atoms with Gasteiger partial charge in [0.15, 0.2) is 6.29 Å². The van der Waals surface area contributed by atoms with E-state index in [-0.39, 0.29) is 5.57 Å². The van der Waals surface area contributed by atoms with E-state index in [1.807, 2.05) is 12.1 Å². The van der Waals surface area contributed by atoms with Crippen LogP contribution in [0.15, 0.2) is 54.6 Å². The number of benzene rings is 2. The summed E-state index contributed by atoms with van der Waals surface area (Å²) in [5, 5.41) is 10.7. The van der Waals surface area contributed by atoms with Gasteiger partial charge in [-0.3, -0.25) is 0 Å². The number of thiophene rings is 1. The van der Waals surface area contributed by atoms with Crippen LogP contribution in [0.1, 0.15) is 45.6 Å². The molecular formula is C29H35F3O4S. The number of unbranched alkanes of at least 4 members (excludes halogenated alkanes) is 2. The van der Waals surface area contributed by atoms with E-state index in [0.29, 0.717) is 5.75 Å². The average Bonchev–Trinajstić information content (AvgIpc) is 3.28. The summed E-state index contributed by atoms with van der Waals surface area (Å²) in [5.41, 5.74) is 0.124. The summed E-state index contributed by atoms with van der Waals surface area (Å²) in [6, 6.07) is 13.6. The Morgan fingerprint density at radius 3 is 2.49 bits per heavy atom. The highest BCUT2D eigenvalue weighted by Gasteiger charge is 2.52. The van der Waals surface area contributed by atoms with E-state index in [2.05, 4.69) is 31.7 Å². The lowest BCUT2D eigenvalue weighted by Crippen LogP contribution is -2.45. The fraction of sp³-hybridized carbons (Fsp3) is 0.448. The Morgan fingerprint density at radius 2 is 1.84 bits per heavy atom.